The minimum atomic E-state index is -3.99. The van der Waals surface area contributed by atoms with Crippen molar-refractivity contribution in [3.8, 4) is 6.07 Å². The van der Waals surface area contributed by atoms with Crippen LogP contribution in [-0.4, -0.2) is 32.8 Å². The highest BCUT2D eigenvalue weighted by molar-refractivity contribution is 7.85. The molecule has 0 bridgehead atoms. The predicted octanol–water partition coefficient (Wildman–Crippen LogP) is 2.49. The third kappa shape index (κ3) is 5.78. The van der Waals surface area contributed by atoms with Gasteiger partial charge in [-0.05, 0) is 24.3 Å². The van der Waals surface area contributed by atoms with Gasteiger partial charge in [-0.3, -0.25) is 4.55 Å². The first-order valence-electron chi connectivity index (χ1n) is 9.48. The number of rotatable bonds is 7. The quantitative estimate of drug-likeness (QED) is 0.260. The van der Waals surface area contributed by atoms with Crippen LogP contribution in [-0.2, 0) is 16.7 Å². The molecule has 0 radical (unpaired) electrons. The standard InChI is InChI=1S/C22H21N3O5S/c1-24(2)20-5-4-17-12-18(22(26)30-21(17)14-20)13-19(15-23)16-6-9-25(10-7-16)8-3-11-31(27,28)29/h4-7,9-10,12-14H,3,8,11H2,1-2H3/p+1. The molecule has 1 N–H and O–H groups in total. The minimum absolute atomic E-state index is 0.261. The summed E-state index contributed by atoms with van der Waals surface area (Å²) in [5.74, 6) is -0.321. The Bertz CT molecular complexity index is 1330. The zero-order valence-corrected chi connectivity index (χ0v) is 18.0. The molecule has 0 aliphatic heterocycles. The molecule has 0 saturated carbocycles. The lowest BCUT2D eigenvalue weighted by Gasteiger charge is -2.12. The molecule has 9 heteroatoms. The predicted molar refractivity (Wildman–Crippen MR) is 118 cm³/mol. The highest BCUT2D eigenvalue weighted by Crippen LogP contribution is 2.22. The van der Waals surface area contributed by atoms with Crippen molar-refractivity contribution in [1.29, 1.82) is 5.26 Å². The second-order valence-electron chi connectivity index (χ2n) is 7.24. The molecular formula is C22H22N3O5S+. The lowest BCUT2D eigenvalue weighted by molar-refractivity contribution is -0.696. The summed E-state index contributed by atoms with van der Waals surface area (Å²) < 4.78 is 37.6. The topological polar surface area (TPSA) is 115 Å². The number of benzene rings is 1. The summed E-state index contributed by atoms with van der Waals surface area (Å²) in [5.41, 5.74) is 2.01. The van der Waals surface area contributed by atoms with Crippen molar-refractivity contribution in [2.75, 3.05) is 24.7 Å². The van der Waals surface area contributed by atoms with Gasteiger partial charge in [-0.1, -0.05) is 0 Å². The van der Waals surface area contributed by atoms with Crippen LogP contribution in [0.5, 0.6) is 0 Å². The van der Waals surface area contributed by atoms with E-state index in [4.69, 9.17) is 8.97 Å². The maximum Gasteiger partial charge on any atom is 0.343 e. The molecule has 0 unspecified atom stereocenters. The van der Waals surface area contributed by atoms with Crippen molar-refractivity contribution < 1.29 is 22.0 Å². The molecule has 160 valence electrons. The van der Waals surface area contributed by atoms with Crippen molar-refractivity contribution in [3.05, 3.63) is 70.3 Å². The number of nitrogens with zero attached hydrogens (tertiary/aromatic N) is 3. The summed E-state index contributed by atoms with van der Waals surface area (Å²) in [4.78, 5) is 14.4. The van der Waals surface area contributed by atoms with Gasteiger partial charge >= 0.3 is 5.63 Å². The van der Waals surface area contributed by atoms with Crippen LogP contribution in [0.4, 0.5) is 5.69 Å². The first-order valence-corrected chi connectivity index (χ1v) is 11.1. The van der Waals surface area contributed by atoms with Crippen LogP contribution < -0.4 is 15.1 Å². The molecule has 0 aliphatic rings. The number of anilines is 1. The number of nitriles is 1. The van der Waals surface area contributed by atoms with E-state index in [1.807, 2.05) is 31.1 Å². The summed E-state index contributed by atoms with van der Waals surface area (Å²) in [6.45, 7) is 0.398. The van der Waals surface area contributed by atoms with Crippen LogP contribution in [0.2, 0.25) is 0 Å². The van der Waals surface area contributed by atoms with Gasteiger partial charge in [-0.2, -0.15) is 13.7 Å². The smallest absolute Gasteiger partial charge is 0.343 e. The highest BCUT2D eigenvalue weighted by Gasteiger charge is 2.11. The average Bonchev–Trinajstić information content (AvgIpc) is 2.71. The summed E-state index contributed by atoms with van der Waals surface area (Å²) in [5, 5.41) is 10.3. The second kappa shape index (κ2) is 9.12. The van der Waals surface area contributed by atoms with Crippen LogP contribution in [0, 0.1) is 11.3 Å². The molecule has 1 aromatic carbocycles. The maximum absolute atomic E-state index is 12.4. The molecule has 2 aromatic heterocycles. The minimum Gasteiger partial charge on any atom is -0.422 e. The van der Waals surface area contributed by atoms with E-state index in [1.165, 1.54) is 6.08 Å². The van der Waals surface area contributed by atoms with Gasteiger partial charge in [0.2, 0.25) is 0 Å². The SMILES string of the molecule is CN(C)c1ccc2cc(/C=C(\C#N)c3cc[n+](CCCS(=O)(=O)O)cc3)c(=O)oc2c1. The first kappa shape index (κ1) is 22.2. The number of hydrogen-bond acceptors (Lipinski definition) is 6. The van der Waals surface area contributed by atoms with Gasteiger partial charge in [-0.15, -0.1) is 0 Å². The number of aryl methyl sites for hydroxylation is 1. The zero-order valence-electron chi connectivity index (χ0n) is 17.1. The zero-order chi connectivity index (χ0) is 22.6. The molecule has 0 atom stereocenters. The second-order valence-corrected chi connectivity index (χ2v) is 8.81. The van der Waals surface area contributed by atoms with E-state index in [-0.39, 0.29) is 17.7 Å². The van der Waals surface area contributed by atoms with Crippen LogP contribution in [0.1, 0.15) is 17.5 Å². The van der Waals surface area contributed by atoms with E-state index < -0.39 is 15.7 Å². The summed E-state index contributed by atoms with van der Waals surface area (Å²) >= 11 is 0. The van der Waals surface area contributed by atoms with Crippen LogP contribution in [0.25, 0.3) is 22.6 Å². The van der Waals surface area contributed by atoms with Gasteiger partial charge in [0, 0.05) is 55.4 Å². The maximum atomic E-state index is 12.4. The van der Waals surface area contributed by atoms with E-state index in [0.717, 1.165) is 11.1 Å². The highest BCUT2D eigenvalue weighted by atomic mass is 32.2. The Morgan fingerprint density at radius 2 is 1.94 bits per heavy atom. The Kier molecular flexibility index (Phi) is 6.53. The van der Waals surface area contributed by atoms with Crippen LogP contribution >= 0.6 is 0 Å². The third-order valence-electron chi connectivity index (χ3n) is 4.70. The van der Waals surface area contributed by atoms with Crippen molar-refractivity contribution in [2.24, 2.45) is 0 Å². The fourth-order valence-electron chi connectivity index (χ4n) is 3.05. The summed E-state index contributed by atoms with van der Waals surface area (Å²) in [6.07, 6.45) is 5.16. The molecule has 8 nitrogen and oxygen atoms in total. The van der Waals surface area contributed by atoms with Gasteiger partial charge < -0.3 is 9.32 Å². The molecule has 0 amide bonds. The van der Waals surface area contributed by atoms with E-state index in [9.17, 15) is 18.5 Å². The van der Waals surface area contributed by atoms with E-state index in [0.29, 0.717) is 23.3 Å². The summed E-state index contributed by atoms with van der Waals surface area (Å²) in [6, 6.07) is 12.8. The molecule has 3 aromatic rings. The van der Waals surface area contributed by atoms with Crippen molar-refractivity contribution >= 4 is 38.4 Å². The van der Waals surface area contributed by atoms with E-state index in [1.54, 1.807) is 41.2 Å². The van der Waals surface area contributed by atoms with Crippen molar-refractivity contribution in [3.63, 3.8) is 0 Å². The Balaban J connectivity index is 1.86. The number of aromatic nitrogens is 1. The van der Waals surface area contributed by atoms with Gasteiger partial charge in [0.15, 0.2) is 12.4 Å². The van der Waals surface area contributed by atoms with Crippen LogP contribution in [0.3, 0.4) is 0 Å². The van der Waals surface area contributed by atoms with E-state index in [2.05, 4.69) is 6.07 Å². The van der Waals surface area contributed by atoms with Crippen LogP contribution in [0.15, 0.2) is 58.0 Å². The average molecular weight is 441 g/mol. The van der Waals surface area contributed by atoms with Gasteiger partial charge in [0.25, 0.3) is 10.1 Å². The Morgan fingerprint density at radius 3 is 2.55 bits per heavy atom. The molecule has 0 saturated heterocycles. The molecule has 0 spiro atoms. The van der Waals surface area contributed by atoms with Gasteiger partial charge in [0.1, 0.15) is 12.1 Å². The third-order valence-corrected chi connectivity index (χ3v) is 5.51. The fraction of sp³-hybridized carbons (Fsp3) is 0.227. The van der Waals surface area contributed by atoms with Crippen molar-refractivity contribution in [1.82, 2.24) is 0 Å². The molecule has 2 heterocycles. The number of hydrogen-bond donors (Lipinski definition) is 1. The fourth-order valence-corrected chi connectivity index (χ4v) is 3.54. The number of allylic oxidation sites excluding steroid dienone is 1. The largest absolute Gasteiger partial charge is 0.422 e. The lowest BCUT2D eigenvalue weighted by Crippen LogP contribution is -2.33. The molecule has 31 heavy (non-hydrogen) atoms. The Labute approximate surface area is 180 Å². The first-order chi connectivity index (χ1) is 14.7. The number of pyridine rings is 1. The van der Waals surface area contributed by atoms with Gasteiger partial charge in [-0.25, -0.2) is 9.36 Å². The van der Waals surface area contributed by atoms with Crippen molar-refractivity contribution in [2.45, 2.75) is 13.0 Å². The lowest BCUT2D eigenvalue weighted by atomic mass is 10.1. The normalized spacial score (nSPS) is 12.0. The van der Waals surface area contributed by atoms with Gasteiger partial charge in [0.05, 0.1) is 23.0 Å². The summed E-state index contributed by atoms with van der Waals surface area (Å²) in [7, 11) is -0.194. The number of fused-ring (bicyclic) bond motifs is 1. The Hall–Kier alpha value is -3.48. The van der Waals surface area contributed by atoms with E-state index >= 15 is 0 Å². The monoisotopic (exact) mass is 440 g/mol. The molecular weight excluding hydrogens is 418 g/mol. The Morgan fingerprint density at radius 1 is 1.23 bits per heavy atom. The molecule has 0 fully saturated rings. The molecule has 0 aliphatic carbocycles. The molecule has 3 rings (SSSR count).